The van der Waals surface area contributed by atoms with E-state index in [2.05, 4.69) is 5.32 Å². The molecule has 104 valence electrons. The first-order valence-corrected chi connectivity index (χ1v) is 7.02. The second-order valence-electron chi connectivity index (χ2n) is 5.04. The number of ether oxygens (including phenoxy) is 1. The fourth-order valence-electron chi connectivity index (χ4n) is 2.04. The lowest BCUT2D eigenvalue weighted by Crippen LogP contribution is -2.48. The third-order valence-corrected chi connectivity index (χ3v) is 4.34. The fraction of sp³-hybridized carbons (Fsp3) is 0.500. The number of hydrogen-bond donors (Lipinski definition) is 1. The molecule has 0 saturated heterocycles. The maximum Gasteiger partial charge on any atom is 0.330 e. The van der Waals surface area contributed by atoms with E-state index < -0.39 is 5.54 Å². The second-order valence-corrected chi connectivity index (χ2v) is 5.83. The van der Waals surface area contributed by atoms with Gasteiger partial charge in [0.2, 0.25) is 0 Å². The summed E-state index contributed by atoms with van der Waals surface area (Å²) >= 11 is 12.3. The van der Waals surface area contributed by atoms with Gasteiger partial charge in [0.1, 0.15) is 5.54 Å². The molecule has 1 atom stereocenters. The van der Waals surface area contributed by atoms with E-state index in [0.29, 0.717) is 21.5 Å². The average Bonchev–Trinajstić information content (AvgIpc) is 3.22. The maximum absolute atomic E-state index is 12.1. The molecule has 1 aromatic rings. The Morgan fingerprint density at radius 2 is 2.16 bits per heavy atom. The molecule has 0 amide bonds. The highest BCUT2D eigenvalue weighted by atomic mass is 35.5. The fourth-order valence-corrected chi connectivity index (χ4v) is 2.53. The van der Waals surface area contributed by atoms with Crippen LogP contribution in [-0.2, 0) is 15.1 Å². The van der Waals surface area contributed by atoms with Crippen molar-refractivity contribution in [2.45, 2.75) is 25.3 Å². The predicted octanol–water partition coefficient (Wildman–Crippen LogP) is 3.38. The van der Waals surface area contributed by atoms with Gasteiger partial charge < -0.3 is 4.74 Å². The summed E-state index contributed by atoms with van der Waals surface area (Å²) in [5.74, 6) is 0.277. The molecular weight excluding hydrogens is 285 g/mol. The monoisotopic (exact) mass is 301 g/mol. The van der Waals surface area contributed by atoms with Crippen molar-refractivity contribution in [2.75, 3.05) is 13.7 Å². The van der Waals surface area contributed by atoms with Crippen molar-refractivity contribution in [2.24, 2.45) is 5.92 Å². The van der Waals surface area contributed by atoms with Gasteiger partial charge in [0.15, 0.2) is 0 Å². The maximum atomic E-state index is 12.1. The van der Waals surface area contributed by atoms with Crippen LogP contribution in [0.25, 0.3) is 0 Å². The van der Waals surface area contributed by atoms with Crippen LogP contribution < -0.4 is 5.32 Å². The Morgan fingerprint density at radius 3 is 2.74 bits per heavy atom. The van der Waals surface area contributed by atoms with Crippen molar-refractivity contribution >= 4 is 29.2 Å². The summed E-state index contributed by atoms with van der Waals surface area (Å²) < 4.78 is 4.91. The summed E-state index contributed by atoms with van der Waals surface area (Å²) in [6.45, 7) is 2.55. The van der Waals surface area contributed by atoms with E-state index in [9.17, 15) is 4.79 Å². The number of rotatable bonds is 5. The lowest BCUT2D eigenvalue weighted by molar-refractivity contribution is -0.148. The summed E-state index contributed by atoms with van der Waals surface area (Å²) in [5, 5.41) is 4.10. The Labute approximate surface area is 123 Å². The summed E-state index contributed by atoms with van der Waals surface area (Å²) in [4.78, 5) is 12.1. The zero-order valence-electron chi connectivity index (χ0n) is 11.0. The van der Waals surface area contributed by atoms with E-state index in [1.54, 1.807) is 25.1 Å². The minimum absolute atomic E-state index is 0.364. The van der Waals surface area contributed by atoms with E-state index in [-0.39, 0.29) is 5.97 Å². The first-order chi connectivity index (χ1) is 8.99. The molecule has 0 bridgehead atoms. The van der Waals surface area contributed by atoms with Crippen LogP contribution in [0, 0.1) is 5.92 Å². The van der Waals surface area contributed by atoms with Crippen molar-refractivity contribution in [3.63, 3.8) is 0 Å². The van der Waals surface area contributed by atoms with Crippen LogP contribution in [0.15, 0.2) is 18.2 Å². The molecule has 0 heterocycles. The molecule has 0 aromatic heterocycles. The van der Waals surface area contributed by atoms with Crippen LogP contribution in [0.1, 0.15) is 25.3 Å². The standard InChI is InChI=1S/C14H17Cl2NO2/c1-14(13(18)19-2,17-8-9-6-7-9)10-4-3-5-11(15)12(10)16/h3-5,9,17H,6-8H2,1-2H3. The van der Waals surface area contributed by atoms with E-state index >= 15 is 0 Å². The van der Waals surface area contributed by atoms with Crippen LogP contribution in [0.3, 0.4) is 0 Å². The predicted molar refractivity (Wildman–Crippen MR) is 76.6 cm³/mol. The molecule has 5 heteroatoms. The number of hydrogen-bond acceptors (Lipinski definition) is 3. The minimum Gasteiger partial charge on any atom is -0.467 e. The van der Waals surface area contributed by atoms with E-state index in [0.717, 1.165) is 6.54 Å². The van der Waals surface area contributed by atoms with Crippen molar-refractivity contribution < 1.29 is 9.53 Å². The largest absolute Gasteiger partial charge is 0.467 e. The molecule has 1 saturated carbocycles. The third-order valence-electron chi connectivity index (χ3n) is 3.53. The first kappa shape index (κ1) is 14.6. The smallest absolute Gasteiger partial charge is 0.330 e. The first-order valence-electron chi connectivity index (χ1n) is 6.27. The summed E-state index contributed by atoms with van der Waals surface area (Å²) in [7, 11) is 1.37. The lowest BCUT2D eigenvalue weighted by atomic mass is 9.91. The summed E-state index contributed by atoms with van der Waals surface area (Å²) in [5.41, 5.74) is -0.326. The second kappa shape index (κ2) is 5.70. The van der Waals surface area contributed by atoms with Gasteiger partial charge in [-0.25, -0.2) is 4.79 Å². The number of carbonyl (C=O) groups excluding carboxylic acids is 1. The number of halogens is 2. The molecule has 1 N–H and O–H groups in total. The SMILES string of the molecule is COC(=O)C(C)(NCC1CC1)c1cccc(Cl)c1Cl. The van der Waals surface area contributed by atoms with Crippen LogP contribution in [0.2, 0.25) is 10.0 Å². The molecule has 1 aliphatic carbocycles. The Morgan fingerprint density at radius 1 is 1.47 bits per heavy atom. The van der Waals surface area contributed by atoms with E-state index in [1.165, 1.54) is 20.0 Å². The van der Waals surface area contributed by atoms with Crippen molar-refractivity contribution in [1.29, 1.82) is 0 Å². The highest BCUT2D eigenvalue weighted by molar-refractivity contribution is 6.42. The Hall–Kier alpha value is -0.770. The highest BCUT2D eigenvalue weighted by Crippen LogP contribution is 2.35. The Kier molecular flexibility index (Phi) is 4.39. The van der Waals surface area contributed by atoms with Gasteiger partial charge in [0, 0.05) is 5.56 Å². The normalized spacial score (nSPS) is 17.9. The zero-order chi connectivity index (χ0) is 14.0. The van der Waals surface area contributed by atoms with Crippen LogP contribution in [0.5, 0.6) is 0 Å². The number of carbonyl (C=O) groups is 1. The highest BCUT2D eigenvalue weighted by Gasteiger charge is 2.39. The van der Waals surface area contributed by atoms with Gasteiger partial charge in [-0.2, -0.15) is 0 Å². The molecule has 3 nitrogen and oxygen atoms in total. The molecule has 1 aliphatic rings. The number of methoxy groups -OCH3 is 1. The third kappa shape index (κ3) is 3.04. The van der Waals surface area contributed by atoms with Crippen LogP contribution >= 0.6 is 23.2 Å². The Balaban J connectivity index is 2.34. The quantitative estimate of drug-likeness (QED) is 0.847. The average molecular weight is 302 g/mol. The van der Waals surface area contributed by atoms with Gasteiger partial charge >= 0.3 is 5.97 Å². The minimum atomic E-state index is -0.973. The molecule has 0 radical (unpaired) electrons. The molecule has 2 rings (SSSR count). The molecule has 1 unspecified atom stereocenters. The molecule has 0 spiro atoms. The van der Waals surface area contributed by atoms with Gasteiger partial charge in [0.25, 0.3) is 0 Å². The summed E-state index contributed by atoms with van der Waals surface area (Å²) in [6, 6.07) is 5.28. The van der Waals surface area contributed by atoms with Crippen LogP contribution in [-0.4, -0.2) is 19.6 Å². The van der Waals surface area contributed by atoms with Crippen molar-refractivity contribution in [3.05, 3.63) is 33.8 Å². The summed E-state index contributed by atoms with van der Waals surface area (Å²) in [6.07, 6.45) is 2.40. The van der Waals surface area contributed by atoms with E-state index in [4.69, 9.17) is 27.9 Å². The van der Waals surface area contributed by atoms with Gasteiger partial charge in [-0.3, -0.25) is 5.32 Å². The van der Waals surface area contributed by atoms with Crippen molar-refractivity contribution in [1.82, 2.24) is 5.32 Å². The Bertz CT molecular complexity index is 488. The molecule has 19 heavy (non-hydrogen) atoms. The van der Waals surface area contributed by atoms with Crippen LogP contribution in [0.4, 0.5) is 0 Å². The van der Waals surface area contributed by atoms with Gasteiger partial charge in [-0.15, -0.1) is 0 Å². The molecule has 0 aliphatic heterocycles. The zero-order valence-corrected chi connectivity index (χ0v) is 12.5. The molecule has 1 aromatic carbocycles. The number of benzene rings is 1. The van der Waals surface area contributed by atoms with Gasteiger partial charge in [0.05, 0.1) is 17.2 Å². The number of esters is 1. The number of nitrogens with one attached hydrogen (secondary N) is 1. The molecular formula is C14H17Cl2NO2. The van der Waals surface area contributed by atoms with Gasteiger partial charge in [-0.1, -0.05) is 35.3 Å². The van der Waals surface area contributed by atoms with E-state index in [1.807, 2.05) is 0 Å². The van der Waals surface area contributed by atoms with Gasteiger partial charge in [-0.05, 0) is 38.3 Å². The lowest BCUT2D eigenvalue weighted by Gasteiger charge is -2.29. The van der Waals surface area contributed by atoms with Crippen molar-refractivity contribution in [3.8, 4) is 0 Å². The molecule has 1 fully saturated rings. The topological polar surface area (TPSA) is 38.3 Å².